The molecule has 0 fully saturated rings. The fourth-order valence-corrected chi connectivity index (χ4v) is 2.79. The Labute approximate surface area is 122 Å². The van der Waals surface area contributed by atoms with Crippen LogP contribution in [-0.2, 0) is 6.54 Å². The molecule has 1 unspecified atom stereocenters. The van der Waals surface area contributed by atoms with Gasteiger partial charge in [-0.25, -0.2) is 0 Å². The smallest absolute Gasteiger partial charge is 0.0451 e. The monoisotopic (exact) mass is 282 g/mol. The molecule has 0 heterocycles. The van der Waals surface area contributed by atoms with Gasteiger partial charge in [0, 0.05) is 23.7 Å². The predicted octanol–water partition coefficient (Wildman–Crippen LogP) is 4.07. The fourth-order valence-electron chi connectivity index (χ4n) is 2.60. The Morgan fingerprint density at radius 1 is 1.26 bits per heavy atom. The summed E-state index contributed by atoms with van der Waals surface area (Å²) < 4.78 is 0. The molecule has 1 atom stereocenters. The van der Waals surface area contributed by atoms with Crippen molar-refractivity contribution in [3.05, 3.63) is 34.9 Å². The first-order chi connectivity index (χ1) is 9.09. The molecule has 2 nitrogen and oxygen atoms in total. The van der Waals surface area contributed by atoms with Gasteiger partial charge < -0.3 is 5.73 Å². The number of nitrogens with two attached hydrogens (primary N) is 1. The summed E-state index contributed by atoms with van der Waals surface area (Å²) in [5, 5.41) is 0.840. The van der Waals surface area contributed by atoms with Crippen molar-refractivity contribution in [1.82, 2.24) is 4.90 Å². The molecular weight excluding hydrogens is 256 g/mol. The first-order valence-corrected chi connectivity index (χ1v) is 7.62. The Morgan fingerprint density at radius 3 is 2.47 bits per heavy atom. The van der Waals surface area contributed by atoms with Gasteiger partial charge in [-0.15, -0.1) is 0 Å². The summed E-state index contributed by atoms with van der Waals surface area (Å²) in [6, 6.07) is 8.05. The summed E-state index contributed by atoms with van der Waals surface area (Å²) in [4.78, 5) is 2.38. The maximum atomic E-state index is 6.25. The van der Waals surface area contributed by atoms with Crippen LogP contribution >= 0.6 is 11.6 Å². The van der Waals surface area contributed by atoms with Gasteiger partial charge in [0.15, 0.2) is 0 Å². The van der Waals surface area contributed by atoms with Crippen LogP contribution in [-0.4, -0.2) is 24.0 Å². The highest BCUT2D eigenvalue weighted by atomic mass is 35.5. The topological polar surface area (TPSA) is 29.3 Å². The van der Waals surface area contributed by atoms with Gasteiger partial charge in [0.1, 0.15) is 0 Å². The van der Waals surface area contributed by atoms with E-state index in [2.05, 4.69) is 31.9 Å². The predicted molar refractivity (Wildman–Crippen MR) is 84.5 cm³/mol. The SMILES string of the molecule is CCCCC(CC)(CN)N(C)Cc1ccccc1Cl. The molecule has 3 heteroatoms. The lowest BCUT2D eigenvalue weighted by Crippen LogP contribution is -2.51. The average molecular weight is 283 g/mol. The van der Waals surface area contributed by atoms with Gasteiger partial charge in [0.05, 0.1) is 0 Å². The van der Waals surface area contributed by atoms with E-state index < -0.39 is 0 Å². The van der Waals surface area contributed by atoms with E-state index in [1.807, 2.05) is 18.2 Å². The van der Waals surface area contributed by atoms with Crippen molar-refractivity contribution in [2.24, 2.45) is 5.73 Å². The molecule has 0 radical (unpaired) electrons. The maximum Gasteiger partial charge on any atom is 0.0451 e. The van der Waals surface area contributed by atoms with Crippen molar-refractivity contribution < 1.29 is 0 Å². The summed E-state index contributed by atoms with van der Waals surface area (Å²) in [6.45, 7) is 6.01. The molecule has 0 saturated carbocycles. The largest absolute Gasteiger partial charge is 0.329 e. The molecule has 0 aliphatic carbocycles. The number of halogens is 1. The molecule has 0 aliphatic rings. The standard InChI is InChI=1S/C16H27ClN2/c1-4-6-11-16(5-2,13-18)19(3)12-14-9-7-8-10-15(14)17/h7-10H,4-6,11-13,18H2,1-3H3. The third-order valence-corrected chi connectivity index (χ3v) is 4.58. The number of rotatable bonds is 8. The first kappa shape index (κ1) is 16.5. The van der Waals surface area contributed by atoms with Crippen molar-refractivity contribution in [3.63, 3.8) is 0 Å². The highest BCUT2D eigenvalue weighted by Gasteiger charge is 2.30. The average Bonchev–Trinajstić information content (AvgIpc) is 2.43. The molecule has 108 valence electrons. The molecule has 19 heavy (non-hydrogen) atoms. The van der Waals surface area contributed by atoms with E-state index in [0.717, 1.165) is 24.4 Å². The van der Waals surface area contributed by atoms with E-state index >= 15 is 0 Å². The molecule has 1 rings (SSSR count). The molecule has 1 aromatic rings. The minimum Gasteiger partial charge on any atom is -0.329 e. The van der Waals surface area contributed by atoms with Gasteiger partial charge in [-0.1, -0.05) is 56.5 Å². The van der Waals surface area contributed by atoms with Crippen molar-refractivity contribution in [2.45, 2.75) is 51.6 Å². The zero-order chi connectivity index (χ0) is 14.3. The number of benzene rings is 1. The Balaban J connectivity index is 2.82. The van der Waals surface area contributed by atoms with Crippen LogP contribution in [0.15, 0.2) is 24.3 Å². The van der Waals surface area contributed by atoms with Crippen LogP contribution < -0.4 is 5.73 Å². The van der Waals surface area contributed by atoms with E-state index in [9.17, 15) is 0 Å². The quantitative estimate of drug-likeness (QED) is 0.779. The second-order valence-corrected chi connectivity index (χ2v) is 5.74. The summed E-state index contributed by atoms with van der Waals surface area (Å²) in [5.74, 6) is 0. The van der Waals surface area contributed by atoms with Crippen LogP contribution in [0.25, 0.3) is 0 Å². The molecule has 0 bridgehead atoms. The molecule has 0 spiro atoms. The highest BCUT2D eigenvalue weighted by Crippen LogP contribution is 2.27. The fraction of sp³-hybridized carbons (Fsp3) is 0.625. The van der Waals surface area contributed by atoms with Gasteiger partial charge in [0.2, 0.25) is 0 Å². The van der Waals surface area contributed by atoms with Gasteiger partial charge in [-0.3, -0.25) is 4.90 Å². The van der Waals surface area contributed by atoms with Crippen LogP contribution in [0.2, 0.25) is 5.02 Å². The lowest BCUT2D eigenvalue weighted by atomic mass is 9.87. The van der Waals surface area contributed by atoms with Crippen LogP contribution in [0.3, 0.4) is 0 Å². The molecule has 1 aromatic carbocycles. The highest BCUT2D eigenvalue weighted by molar-refractivity contribution is 6.31. The van der Waals surface area contributed by atoms with Gasteiger partial charge in [-0.2, -0.15) is 0 Å². The number of likely N-dealkylation sites (N-methyl/N-ethyl adjacent to an activating group) is 1. The molecule has 0 aliphatic heterocycles. The van der Waals surface area contributed by atoms with E-state index in [-0.39, 0.29) is 5.54 Å². The summed E-state index contributed by atoms with van der Waals surface area (Å²) in [6.07, 6.45) is 4.65. The third-order valence-electron chi connectivity index (χ3n) is 4.21. The van der Waals surface area contributed by atoms with Gasteiger partial charge in [-0.05, 0) is 31.5 Å². The zero-order valence-corrected chi connectivity index (χ0v) is 13.2. The second kappa shape index (κ2) is 7.88. The lowest BCUT2D eigenvalue weighted by Gasteiger charge is -2.41. The normalized spacial score (nSPS) is 14.6. The molecule has 0 amide bonds. The van der Waals surface area contributed by atoms with Gasteiger partial charge >= 0.3 is 0 Å². The maximum absolute atomic E-state index is 6.25. The van der Waals surface area contributed by atoms with Crippen LogP contribution in [0.5, 0.6) is 0 Å². The lowest BCUT2D eigenvalue weighted by molar-refractivity contribution is 0.0999. The number of hydrogen-bond acceptors (Lipinski definition) is 2. The van der Waals surface area contributed by atoms with E-state index in [1.54, 1.807) is 0 Å². The summed E-state index contributed by atoms with van der Waals surface area (Å²) >= 11 is 6.25. The number of unbranched alkanes of at least 4 members (excludes halogenated alkanes) is 1. The van der Waals surface area contributed by atoms with Gasteiger partial charge in [0.25, 0.3) is 0 Å². The Bertz CT molecular complexity index is 375. The van der Waals surface area contributed by atoms with Crippen molar-refractivity contribution in [3.8, 4) is 0 Å². The van der Waals surface area contributed by atoms with Crippen LogP contribution in [0, 0.1) is 0 Å². The van der Waals surface area contributed by atoms with Crippen LogP contribution in [0.1, 0.15) is 45.1 Å². The molecular formula is C16H27ClN2. The third kappa shape index (κ3) is 4.20. The van der Waals surface area contributed by atoms with E-state index in [1.165, 1.54) is 18.4 Å². The zero-order valence-electron chi connectivity index (χ0n) is 12.5. The van der Waals surface area contributed by atoms with E-state index in [4.69, 9.17) is 17.3 Å². The summed E-state index contributed by atoms with van der Waals surface area (Å²) in [5.41, 5.74) is 7.34. The van der Waals surface area contributed by atoms with E-state index in [0.29, 0.717) is 6.54 Å². The second-order valence-electron chi connectivity index (χ2n) is 5.33. The number of nitrogens with zero attached hydrogens (tertiary/aromatic N) is 1. The Kier molecular flexibility index (Phi) is 6.84. The van der Waals surface area contributed by atoms with Crippen molar-refractivity contribution in [1.29, 1.82) is 0 Å². The minimum absolute atomic E-state index is 0.0924. The Hall–Kier alpha value is -0.570. The number of hydrogen-bond donors (Lipinski definition) is 1. The van der Waals surface area contributed by atoms with Crippen LogP contribution in [0.4, 0.5) is 0 Å². The summed E-state index contributed by atoms with van der Waals surface area (Å²) in [7, 11) is 2.16. The van der Waals surface area contributed by atoms with Crippen molar-refractivity contribution >= 4 is 11.6 Å². The van der Waals surface area contributed by atoms with Crippen molar-refractivity contribution in [2.75, 3.05) is 13.6 Å². The molecule has 2 N–H and O–H groups in total. The molecule has 0 aromatic heterocycles. The first-order valence-electron chi connectivity index (χ1n) is 7.24. The minimum atomic E-state index is 0.0924. The molecule has 0 saturated heterocycles. The Morgan fingerprint density at radius 2 is 1.95 bits per heavy atom.